The maximum Gasteiger partial charge on any atom is 0.145 e. The largest absolute Gasteiger partial charge is 0.455 e. The first kappa shape index (κ1) is 24.3. The number of nitrogens with zero attached hydrogens (tertiary/aromatic N) is 3. The molecule has 0 unspecified atom stereocenters. The Bertz CT molecular complexity index is 2710. The number of aromatic nitrogens is 3. The van der Waals surface area contributed by atoms with E-state index in [0.29, 0.717) is 0 Å². The highest BCUT2D eigenvalue weighted by atomic mass is 16.3. The third-order valence-corrected chi connectivity index (χ3v) is 9.17. The van der Waals surface area contributed by atoms with Crippen LogP contribution in [0.15, 0.2) is 156 Å². The third kappa shape index (κ3) is 3.45. The van der Waals surface area contributed by atoms with E-state index in [1.54, 1.807) is 0 Å². The number of fused-ring (bicyclic) bond motifs is 9. The normalized spacial score (nSPS) is 12.0. The molecule has 0 bridgehead atoms. The molecule has 4 heterocycles. The summed E-state index contributed by atoms with van der Waals surface area (Å²) in [5.74, 6) is 0. The minimum absolute atomic E-state index is 0.860. The van der Waals surface area contributed by atoms with Gasteiger partial charge in [-0.25, -0.2) is 4.98 Å². The Labute approximate surface area is 258 Å². The Balaban J connectivity index is 1.18. The van der Waals surface area contributed by atoms with Crippen LogP contribution in [0.5, 0.6) is 0 Å². The summed E-state index contributed by atoms with van der Waals surface area (Å²) in [5, 5.41) is 7.01. The fourth-order valence-corrected chi connectivity index (χ4v) is 7.21. The Morgan fingerprint density at radius 1 is 0.444 bits per heavy atom. The fraction of sp³-hybridized carbons (Fsp3) is 0. The Morgan fingerprint density at radius 2 is 1.16 bits per heavy atom. The first-order valence-corrected chi connectivity index (χ1v) is 15.2. The molecule has 0 aliphatic rings. The summed E-state index contributed by atoms with van der Waals surface area (Å²) in [5.41, 5.74) is 10.6. The van der Waals surface area contributed by atoms with Crippen molar-refractivity contribution >= 4 is 65.7 Å². The molecule has 0 spiro atoms. The van der Waals surface area contributed by atoms with Crippen LogP contribution in [0.3, 0.4) is 0 Å². The highest BCUT2D eigenvalue weighted by Gasteiger charge is 2.18. The summed E-state index contributed by atoms with van der Waals surface area (Å²) in [6.45, 7) is 0. The van der Waals surface area contributed by atoms with Crippen LogP contribution in [0.25, 0.3) is 88.2 Å². The number of furan rings is 1. The average molecular weight is 576 g/mol. The van der Waals surface area contributed by atoms with Gasteiger partial charge in [-0.05, 0) is 66.2 Å². The van der Waals surface area contributed by atoms with Crippen LogP contribution in [0.2, 0.25) is 0 Å². The van der Waals surface area contributed by atoms with E-state index in [2.05, 4.69) is 149 Å². The molecule has 4 aromatic heterocycles. The predicted molar refractivity (Wildman–Crippen MR) is 186 cm³/mol. The van der Waals surface area contributed by atoms with Gasteiger partial charge in [0.15, 0.2) is 0 Å². The molecule has 0 amide bonds. The summed E-state index contributed by atoms with van der Waals surface area (Å²) in [6.07, 6.45) is 1.86. The van der Waals surface area contributed by atoms with Gasteiger partial charge in [0, 0.05) is 55.8 Å². The molecule has 0 N–H and O–H groups in total. The minimum Gasteiger partial charge on any atom is -0.455 e. The second-order valence-corrected chi connectivity index (χ2v) is 11.6. The number of benzene rings is 6. The standard InChI is InChI=1S/C41H25N3O/c1-2-10-27(11-3-1)43-36-17-6-5-13-31(36)35-24-26(19-22-38(35)43)29-14-8-15-33-32-21-20-28(25-39(32)45-40(29)33)44-37-18-7-4-12-30(37)34-16-9-23-42-41(34)44/h1-25H. The van der Waals surface area contributed by atoms with Gasteiger partial charge in [0.2, 0.25) is 0 Å². The summed E-state index contributed by atoms with van der Waals surface area (Å²) in [7, 11) is 0. The van der Waals surface area contributed by atoms with Crippen LogP contribution in [-0.2, 0) is 0 Å². The average Bonchev–Trinajstić information content (AvgIpc) is 3.76. The van der Waals surface area contributed by atoms with Crippen molar-refractivity contribution in [2.24, 2.45) is 0 Å². The number of hydrogen-bond donors (Lipinski definition) is 0. The second-order valence-electron chi connectivity index (χ2n) is 11.6. The molecule has 4 heteroatoms. The van der Waals surface area contributed by atoms with Crippen LogP contribution in [-0.4, -0.2) is 14.1 Å². The van der Waals surface area contributed by atoms with Crippen molar-refractivity contribution in [3.8, 4) is 22.5 Å². The quantitative estimate of drug-likeness (QED) is 0.210. The Morgan fingerprint density at radius 3 is 2.02 bits per heavy atom. The zero-order valence-corrected chi connectivity index (χ0v) is 24.2. The SMILES string of the molecule is c1ccc(-n2c3ccccc3c3cc(-c4cccc5c4oc4cc(-n6c7ccccc7c7cccnc76)ccc45)ccc32)cc1. The van der Waals surface area contributed by atoms with Crippen molar-refractivity contribution in [3.05, 3.63) is 152 Å². The van der Waals surface area contributed by atoms with Crippen molar-refractivity contribution in [1.29, 1.82) is 0 Å². The number of pyridine rings is 1. The molecule has 10 aromatic rings. The minimum atomic E-state index is 0.860. The van der Waals surface area contributed by atoms with Gasteiger partial charge in [0.05, 0.1) is 22.2 Å². The monoisotopic (exact) mass is 575 g/mol. The zero-order valence-electron chi connectivity index (χ0n) is 24.2. The maximum atomic E-state index is 6.74. The van der Waals surface area contributed by atoms with Gasteiger partial charge >= 0.3 is 0 Å². The molecule has 0 atom stereocenters. The van der Waals surface area contributed by atoms with Crippen LogP contribution in [0.4, 0.5) is 0 Å². The lowest BCUT2D eigenvalue weighted by Crippen LogP contribution is -1.94. The molecule has 0 aliphatic carbocycles. The fourth-order valence-electron chi connectivity index (χ4n) is 7.21. The smallest absolute Gasteiger partial charge is 0.145 e. The molecule has 0 fully saturated rings. The van der Waals surface area contributed by atoms with Gasteiger partial charge in [-0.1, -0.05) is 78.9 Å². The first-order valence-electron chi connectivity index (χ1n) is 15.2. The molecule has 10 rings (SSSR count). The first-order chi connectivity index (χ1) is 22.3. The lowest BCUT2D eigenvalue weighted by molar-refractivity contribution is 0.669. The molecular weight excluding hydrogens is 550 g/mol. The molecule has 0 saturated heterocycles. The molecule has 6 aromatic carbocycles. The van der Waals surface area contributed by atoms with Crippen molar-refractivity contribution in [2.75, 3.05) is 0 Å². The van der Waals surface area contributed by atoms with E-state index in [-0.39, 0.29) is 0 Å². The van der Waals surface area contributed by atoms with Gasteiger partial charge in [-0.3, -0.25) is 4.57 Å². The Hall–Kier alpha value is -6.13. The van der Waals surface area contributed by atoms with E-state index in [1.165, 1.54) is 27.2 Å². The van der Waals surface area contributed by atoms with Crippen molar-refractivity contribution < 1.29 is 4.42 Å². The van der Waals surface area contributed by atoms with Gasteiger partial charge in [-0.15, -0.1) is 0 Å². The van der Waals surface area contributed by atoms with Crippen LogP contribution >= 0.6 is 0 Å². The topological polar surface area (TPSA) is 35.9 Å². The van der Waals surface area contributed by atoms with Crippen molar-refractivity contribution in [3.63, 3.8) is 0 Å². The lowest BCUT2D eigenvalue weighted by Gasteiger charge is -2.08. The molecule has 210 valence electrons. The molecule has 45 heavy (non-hydrogen) atoms. The predicted octanol–water partition coefficient (Wildman–Crippen LogP) is 10.8. The van der Waals surface area contributed by atoms with Gasteiger partial charge in [0.1, 0.15) is 16.8 Å². The van der Waals surface area contributed by atoms with Crippen LogP contribution in [0, 0.1) is 0 Å². The highest BCUT2D eigenvalue weighted by molar-refractivity contribution is 6.14. The number of rotatable bonds is 3. The molecule has 4 nitrogen and oxygen atoms in total. The van der Waals surface area contributed by atoms with Gasteiger partial charge < -0.3 is 8.98 Å². The summed E-state index contributed by atoms with van der Waals surface area (Å²) in [6, 6.07) is 51.6. The van der Waals surface area contributed by atoms with Crippen molar-refractivity contribution in [2.45, 2.75) is 0 Å². The Kier molecular flexibility index (Phi) is 4.96. The molecule has 0 saturated carbocycles. The number of para-hydroxylation sites is 4. The molecule has 0 radical (unpaired) electrons. The third-order valence-electron chi connectivity index (χ3n) is 9.17. The zero-order chi connectivity index (χ0) is 29.5. The highest BCUT2D eigenvalue weighted by Crippen LogP contribution is 2.40. The van der Waals surface area contributed by atoms with Gasteiger partial charge in [0.25, 0.3) is 0 Å². The number of hydrogen-bond acceptors (Lipinski definition) is 2. The summed E-state index contributed by atoms with van der Waals surface area (Å²) < 4.78 is 11.3. The summed E-state index contributed by atoms with van der Waals surface area (Å²) in [4.78, 5) is 4.77. The van der Waals surface area contributed by atoms with E-state index in [4.69, 9.17) is 9.40 Å². The van der Waals surface area contributed by atoms with Crippen molar-refractivity contribution in [1.82, 2.24) is 14.1 Å². The van der Waals surface area contributed by atoms with E-state index >= 15 is 0 Å². The van der Waals surface area contributed by atoms with Crippen LogP contribution < -0.4 is 0 Å². The van der Waals surface area contributed by atoms with E-state index < -0.39 is 0 Å². The maximum absolute atomic E-state index is 6.74. The summed E-state index contributed by atoms with van der Waals surface area (Å²) >= 11 is 0. The van der Waals surface area contributed by atoms with E-state index in [1.807, 2.05) is 12.3 Å². The van der Waals surface area contributed by atoms with E-state index in [0.717, 1.165) is 61.0 Å². The van der Waals surface area contributed by atoms with E-state index in [9.17, 15) is 0 Å². The molecule has 0 aliphatic heterocycles. The second kappa shape index (κ2) is 9.18. The van der Waals surface area contributed by atoms with Crippen LogP contribution in [0.1, 0.15) is 0 Å². The molecular formula is C41H25N3O. The lowest BCUT2D eigenvalue weighted by atomic mass is 10.0. The van der Waals surface area contributed by atoms with Gasteiger partial charge in [-0.2, -0.15) is 0 Å².